The van der Waals surface area contributed by atoms with Gasteiger partial charge in [0.1, 0.15) is 11.4 Å². The Morgan fingerprint density at radius 1 is 1.63 bits per heavy atom. The number of aromatic nitrogens is 1. The Balaban J connectivity index is 2.04. The SMILES string of the molecule is COC(=O)c1cc(N)cnc1NCC1CCCCS1. The smallest absolute Gasteiger partial charge is 0.341 e. The van der Waals surface area contributed by atoms with Crippen molar-refractivity contribution in [3.05, 3.63) is 17.8 Å². The lowest BCUT2D eigenvalue weighted by Gasteiger charge is -2.22. The van der Waals surface area contributed by atoms with E-state index in [9.17, 15) is 4.79 Å². The van der Waals surface area contributed by atoms with Crippen molar-refractivity contribution < 1.29 is 9.53 Å². The Morgan fingerprint density at radius 3 is 3.16 bits per heavy atom. The fraction of sp³-hybridized carbons (Fsp3) is 0.538. The molecule has 2 heterocycles. The zero-order valence-corrected chi connectivity index (χ0v) is 11.8. The van der Waals surface area contributed by atoms with Gasteiger partial charge in [0.25, 0.3) is 0 Å². The molecule has 3 N–H and O–H groups in total. The maximum Gasteiger partial charge on any atom is 0.341 e. The fourth-order valence-corrected chi connectivity index (χ4v) is 3.30. The van der Waals surface area contributed by atoms with Crippen molar-refractivity contribution in [1.82, 2.24) is 4.98 Å². The quantitative estimate of drug-likeness (QED) is 0.823. The molecule has 19 heavy (non-hydrogen) atoms. The molecule has 0 saturated carbocycles. The van der Waals surface area contributed by atoms with E-state index in [0.717, 1.165) is 6.54 Å². The van der Waals surface area contributed by atoms with E-state index in [-0.39, 0.29) is 0 Å². The second kappa shape index (κ2) is 6.65. The van der Waals surface area contributed by atoms with Gasteiger partial charge in [-0.15, -0.1) is 0 Å². The van der Waals surface area contributed by atoms with Crippen LogP contribution in [0.3, 0.4) is 0 Å². The van der Waals surface area contributed by atoms with E-state index in [1.807, 2.05) is 11.8 Å². The van der Waals surface area contributed by atoms with Crippen molar-refractivity contribution in [2.75, 3.05) is 30.5 Å². The number of pyridine rings is 1. The van der Waals surface area contributed by atoms with Gasteiger partial charge in [-0.25, -0.2) is 9.78 Å². The van der Waals surface area contributed by atoms with Crippen LogP contribution in [0.1, 0.15) is 29.6 Å². The number of anilines is 2. The molecule has 1 aliphatic heterocycles. The molecule has 6 heteroatoms. The molecule has 1 aromatic heterocycles. The predicted octanol–water partition coefficient (Wildman–Crippen LogP) is 2.15. The van der Waals surface area contributed by atoms with Gasteiger partial charge in [-0.3, -0.25) is 0 Å². The number of hydrogen-bond acceptors (Lipinski definition) is 6. The van der Waals surface area contributed by atoms with Gasteiger partial charge in [0.2, 0.25) is 0 Å². The van der Waals surface area contributed by atoms with Crippen LogP contribution in [0.4, 0.5) is 11.5 Å². The highest BCUT2D eigenvalue weighted by atomic mass is 32.2. The van der Waals surface area contributed by atoms with Crippen molar-refractivity contribution >= 4 is 29.2 Å². The molecular weight excluding hydrogens is 262 g/mol. The number of methoxy groups -OCH3 is 1. The number of rotatable bonds is 4. The van der Waals surface area contributed by atoms with Crippen LogP contribution in [-0.4, -0.2) is 35.6 Å². The highest BCUT2D eigenvalue weighted by Gasteiger charge is 2.17. The number of nitrogen functional groups attached to an aromatic ring is 1. The molecule has 0 aromatic carbocycles. The van der Waals surface area contributed by atoms with Crippen molar-refractivity contribution in [3.8, 4) is 0 Å². The fourth-order valence-electron chi connectivity index (χ4n) is 2.07. The standard InChI is InChI=1S/C13H19N3O2S/c1-18-13(17)11-6-9(14)7-15-12(11)16-8-10-4-2-3-5-19-10/h6-7,10H,2-5,8,14H2,1H3,(H,15,16). The summed E-state index contributed by atoms with van der Waals surface area (Å²) < 4.78 is 4.74. The van der Waals surface area contributed by atoms with Crippen LogP contribution in [0.15, 0.2) is 12.3 Å². The third kappa shape index (κ3) is 3.76. The lowest BCUT2D eigenvalue weighted by Crippen LogP contribution is -2.22. The van der Waals surface area contributed by atoms with E-state index >= 15 is 0 Å². The molecule has 5 nitrogen and oxygen atoms in total. The Kier molecular flexibility index (Phi) is 4.90. The maximum atomic E-state index is 11.7. The van der Waals surface area contributed by atoms with Crippen LogP contribution in [0.25, 0.3) is 0 Å². The third-order valence-electron chi connectivity index (χ3n) is 3.09. The normalized spacial score (nSPS) is 18.9. The molecule has 1 aliphatic rings. The molecule has 0 radical (unpaired) electrons. The molecule has 1 atom stereocenters. The van der Waals surface area contributed by atoms with Gasteiger partial charge in [0.05, 0.1) is 19.0 Å². The molecule has 104 valence electrons. The second-order valence-corrected chi connectivity index (χ2v) is 5.93. The highest BCUT2D eigenvalue weighted by Crippen LogP contribution is 2.25. The predicted molar refractivity (Wildman–Crippen MR) is 78.6 cm³/mol. The van der Waals surface area contributed by atoms with Gasteiger partial charge >= 0.3 is 5.97 Å². The maximum absolute atomic E-state index is 11.7. The largest absolute Gasteiger partial charge is 0.465 e. The summed E-state index contributed by atoms with van der Waals surface area (Å²) in [5, 5.41) is 3.82. The van der Waals surface area contributed by atoms with Crippen LogP contribution >= 0.6 is 11.8 Å². The number of nitrogens with two attached hydrogens (primary N) is 1. The minimum Gasteiger partial charge on any atom is -0.465 e. The minimum absolute atomic E-state index is 0.392. The number of nitrogens with one attached hydrogen (secondary N) is 1. The summed E-state index contributed by atoms with van der Waals surface area (Å²) in [5.74, 6) is 1.34. The van der Waals surface area contributed by atoms with Gasteiger partial charge < -0.3 is 15.8 Å². The van der Waals surface area contributed by atoms with Gasteiger partial charge in [0.15, 0.2) is 0 Å². The first kappa shape index (κ1) is 14.0. The van der Waals surface area contributed by atoms with Crippen LogP contribution in [0.2, 0.25) is 0 Å². The number of thioether (sulfide) groups is 1. The molecular formula is C13H19N3O2S. The van der Waals surface area contributed by atoms with Crippen LogP contribution in [-0.2, 0) is 4.74 Å². The van der Waals surface area contributed by atoms with Crippen molar-refractivity contribution in [3.63, 3.8) is 0 Å². The first-order chi connectivity index (χ1) is 9.20. The monoisotopic (exact) mass is 281 g/mol. The molecule has 0 aliphatic carbocycles. The molecule has 2 rings (SSSR count). The van der Waals surface area contributed by atoms with E-state index in [4.69, 9.17) is 10.5 Å². The lowest BCUT2D eigenvalue weighted by molar-refractivity contribution is 0.0601. The van der Waals surface area contributed by atoms with Crippen molar-refractivity contribution in [2.24, 2.45) is 0 Å². The van der Waals surface area contributed by atoms with E-state index in [0.29, 0.717) is 22.3 Å². The molecule has 1 fully saturated rings. The molecule has 0 bridgehead atoms. The summed E-state index contributed by atoms with van der Waals surface area (Å²) in [5.41, 5.74) is 6.51. The summed E-state index contributed by atoms with van der Waals surface area (Å²) in [6.07, 6.45) is 5.33. The van der Waals surface area contributed by atoms with Gasteiger partial charge in [-0.05, 0) is 24.7 Å². The topological polar surface area (TPSA) is 77.2 Å². The molecule has 1 aromatic rings. The average Bonchev–Trinajstić information content (AvgIpc) is 2.46. The third-order valence-corrected chi connectivity index (χ3v) is 4.48. The van der Waals surface area contributed by atoms with E-state index < -0.39 is 5.97 Å². The molecule has 0 amide bonds. The van der Waals surface area contributed by atoms with Crippen LogP contribution < -0.4 is 11.1 Å². The Hall–Kier alpha value is -1.43. The molecule has 0 spiro atoms. The summed E-state index contributed by atoms with van der Waals surface area (Å²) in [4.78, 5) is 15.9. The number of carbonyl (C=O) groups excluding carboxylic acids is 1. The van der Waals surface area contributed by atoms with E-state index in [2.05, 4.69) is 10.3 Å². The summed E-state index contributed by atoms with van der Waals surface area (Å²) in [6, 6.07) is 1.59. The Morgan fingerprint density at radius 2 is 2.47 bits per heavy atom. The highest BCUT2D eigenvalue weighted by molar-refractivity contribution is 7.99. The number of hydrogen-bond donors (Lipinski definition) is 2. The van der Waals surface area contributed by atoms with Gasteiger partial charge in [-0.2, -0.15) is 11.8 Å². The Bertz CT molecular complexity index is 448. The second-order valence-electron chi connectivity index (χ2n) is 4.53. The zero-order chi connectivity index (χ0) is 13.7. The molecule has 1 unspecified atom stereocenters. The number of nitrogens with zero attached hydrogens (tertiary/aromatic N) is 1. The van der Waals surface area contributed by atoms with E-state index in [1.54, 1.807) is 12.3 Å². The summed E-state index contributed by atoms with van der Waals surface area (Å²) in [6.45, 7) is 0.811. The van der Waals surface area contributed by atoms with Crippen molar-refractivity contribution in [2.45, 2.75) is 24.5 Å². The number of carbonyl (C=O) groups is 1. The first-order valence-electron chi connectivity index (χ1n) is 6.40. The Labute approximate surface area is 117 Å². The van der Waals surface area contributed by atoms with E-state index in [1.165, 1.54) is 32.1 Å². The first-order valence-corrected chi connectivity index (χ1v) is 7.45. The van der Waals surface area contributed by atoms with Gasteiger partial charge in [-0.1, -0.05) is 6.42 Å². The average molecular weight is 281 g/mol. The minimum atomic E-state index is -0.418. The molecule has 1 saturated heterocycles. The van der Waals surface area contributed by atoms with Crippen molar-refractivity contribution in [1.29, 1.82) is 0 Å². The lowest BCUT2D eigenvalue weighted by atomic mass is 10.2. The zero-order valence-electron chi connectivity index (χ0n) is 11.0. The number of ether oxygens (including phenoxy) is 1. The van der Waals surface area contributed by atoms with Gasteiger partial charge in [0, 0.05) is 11.8 Å². The van der Waals surface area contributed by atoms with Crippen LogP contribution in [0, 0.1) is 0 Å². The van der Waals surface area contributed by atoms with Crippen LogP contribution in [0.5, 0.6) is 0 Å². The summed E-state index contributed by atoms with van der Waals surface area (Å²) >= 11 is 1.97. The summed E-state index contributed by atoms with van der Waals surface area (Å²) in [7, 11) is 1.35. The number of esters is 1.